The van der Waals surface area contributed by atoms with Crippen molar-refractivity contribution in [3.05, 3.63) is 48.0 Å². The Kier molecular flexibility index (Phi) is 4.20. The summed E-state index contributed by atoms with van der Waals surface area (Å²) >= 11 is 5.27. The summed E-state index contributed by atoms with van der Waals surface area (Å²) in [5, 5.41) is 5.45. The molecule has 114 valence electrons. The zero-order chi connectivity index (χ0) is 15.4. The highest BCUT2D eigenvalue weighted by Gasteiger charge is 2.13. The fourth-order valence-corrected chi connectivity index (χ4v) is 2.13. The first-order valence-corrected chi connectivity index (χ1v) is 6.87. The van der Waals surface area contributed by atoms with Gasteiger partial charge in [0.25, 0.3) is 0 Å². The van der Waals surface area contributed by atoms with Crippen LogP contribution in [-0.4, -0.2) is 12.8 Å². The second kappa shape index (κ2) is 6.44. The van der Waals surface area contributed by atoms with E-state index in [1.807, 2.05) is 18.2 Å². The monoisotopic (exact) mass is 320 g/mol. The summed E-state index contributed by atoms with van der Waals surface area (Å²) in [6, 6.07) is 12.0. The number of halogens is 1. The molecule has 2 aromatic rings. The van der Waals surface area contributed by atoms with Gasteiger partial charge in [0.2, 0.25) is 6.79 Å². The fourth-order valence-electron chi connectivity index (χ4n) is 2.03. The Labute approximate surface area is 132 Å². The van der Waals surface area contributed by atoms with Gasteiger partial charge in [0.15, 0.2) is 11.5 Å². The molecule has 0 unspecified atom stereocenters. The van der Waals surface area contributed by atoms with E-state index in [0.717, 1.165) is 5.56 Å². The van der Waals surface area contributed by atoms with Crippen molar-refractivity contribution in [3.63, 3.8) is 0 Å². The number of carbonyl (C=O) groups excluding carboxylic acids is 1. The summed E-state index contributed by atoms with van der Waals surface area (Å²) in [5.74, 6) is 1.85. The number of amides is 2. The van der Waals surface area contributed by atoms with Crippen LogP contribution in [0.3, 0.4) is 0 Å². The Morgan fingerprint density at radius 2 is 2.05 bits per heavy atom. The van der Waals surface area contributed by atoms with Crippen LogP contribution in [0.4, 0.5) is 10.5 Å². The number of rotatable bonds is 4. The van der Waals surface area contributed by atoms with Crippen LogP contribution in [-0.2, 0) is 6.54 Å². The summed E-state index contributed by atoms with van der Waals surface area (Å²) in [4.78, 5) is 11.9. The van der Waals surface area contributed by atoms with Gasteiger partial charge in [-0.15, -0.1) is 0 Å². The molecule has 0 saturated carbocycles. The van der Waals surface area contributed by atoms with Gasteiger partial charge < -0.3 is 24.4 Å². The Bertz CT molecular complexity index is 693. The molecule has 0 radical (unpaired) electrons. The highest BCUT2D eigenvalue weighted by Crippen LogP contribution is 2.32. The summed E-state index contributed by atoms with van der Waals surface area (Å²) in [7, 11) is 0. The molecule has 0 saturated heterocycles. The summed E-state index contributed by atoms with van der Waals surface area (Å²) in [5.41, 5.74) is 1.50. The number of ether oxygens (including phenoxy) is 2. The highest BCUT2D eigenvalue weighted by atomic mass is 35.5. The SMILES string of the molecule is O=C(NCc1ccc2c(c1)OCO2)Nc1cccc(OCl)c1. The van der Waals surface area contributed by atoms with E-state index in [9.17, 15) is 4.79 Å². The van der Waals surface area contributed by atoms with Crippen LogP contribution in [0.2, 0.25) is 0 Å². The van der Waals surface area contributed by atoms with E-state index in [1.54, 1.807) is 24.3 Å². The van der Waals surface area contributed by atoms with Crippen molar-refractivity contribution in [3.8, 4) is 17.2 Å². The van der Waals surface area contributed by atoms with Crippen LogP contribution in [0.25, 0.3) is 0 Å². The topological polar surface area (TPSA) is 68.8 Å². The maximum atomic E-state index is 11.9. The number of urea groups is 1. The first kappa shape index (κ1) is 14.3. The molecule has 0 spiro atoms. The minimum absolute atomic E-state index is 0.228. The maximum absolute atomic E-state index is 11.9. The molecule has 0 atom stereocenters. The Balaban J connectivity index is 1.56. The zero-order valence-electron chi connectivity index (χ0n) is 11.5. The van der Waals surface area contributed by atoms with Crippen LogP contribution >= 0.6 is 11.9 Å². The lowest BCUT2D eigenvalue weighted by Crippen LogP contribution is -2.28. The second-order valence-electron chi connectivity index (χ2n) is 4.60. The van der Waals surface area contributed by atoms with E-state index in [4.69, 9.17) is 21.3 Å². The summed E-state index contributed by atoms with van der Waals surface area (Å²) < 4.78 is 15.1. The average Bonchev–Trinajstić information content (AvgIpc) is 3.00. The van der Waals surface area contributed by atoms with Gasteiger partial charge in [-0.3, -0.25) is 0 Å². The normalized spacial score (nSPS) is 11.9. The molecule has 22 heavy (non-hydrogen) atoms. The lowest BCUT2D eigenvalue weighted by atomic mass is 10.2. The molecule has 0 aliphatic carbocycles. The van der Waals surface area contributed by atoms with Gasteiger partial charge in [-0.25, -0.2) is 4.79 Å². The molecule has 2 amide bonds. The number of hydrogen-bond donors (Lipinski definition) is 2. The van der Waals surface area contributed by atoms with Crippen LogP contribution in [0.1, 0.15) is 5.56 Å². The minimum atomic E-state index is -0.329. The molecule has 0 fully saturated rings. The molecule has 1 aliphatic rings. The number of benzene rings is 2. The largest absolute Gasteiger partial charge is 0.454 e. The van der Waals surface area contributed by atoms with Gasteiger partial charge in [0.05, 0.1) is 0 Å². The van der Waals surface area contributed by atoms with Crippen LogP contribution in [0.15, 0.2) is 42.5 Å². The van der Waals surface area contributed by atoms with Gasteiger partial charge in [0, 0.05) is 18.3 Å². The van der Waals surface area contributed by atoms with Crippen molar-refractivity contribution in [1.82, 2.24) is 5.32 Å². The van der Waals surface area contributed by atoms with Crippen LogP contribution < -0.4 is 24.4 Å². The smallest absolute Gasteiger partial charge is 0.319 e. The van der Waals surface area contributed by atoms with Crippen molar-refractivity contribution in [2.45, 2.75) is 6.54 Å². The molecule has 2 aromatic carbocycles. The number of hydrogen-bond acceptors (Lipinski definition) is 4. The quantitative estimate of drug-likeness (QED) is 0.907. The Morgan fingerprint density at radius 3 is 2.91 bits per heavy atom. The lowest BCUT2D eigenvalue weighted by molar-refractivity contribution is 0.174. The van der Waals surface area contributed by atoms with Gasteiger partial charge in [-0.1, -0.05) is 12.1 Å². The van der Waals surface area contributed by atoms with Gasteiger partial charge in [0.1, 0.15) is 17.6 Å². The van der Waals surface area contributed by atoms with E-state index in [-0.39, 0.29) is 12.8 Å². The fraction of sp³-hybridized carbons (Fsp3) is 0.133. The van der Waals surface area contributed by atoms with E-state index in [0.29, 0.717) is 29.5 Å². The highest BCUT2D eigenvalue weighted by molar-refractivity contribution is 6.09. The lowest BCUT2D eigenvalue weighted by Gasteiger charge is -2.08. The Hall–Kier alpha value is -2.60. The summed E-state index contributed by atoms with van der Waals surface area (Å²) in [6.07, 6.45) is 0. The summed E-state index contributed by atoms with van der Waals surface area (Å²) in [6.45, 7) is 0.597. The first-order chi connectivity index (χ1) is 10.7. The van der Waals surface area contributed by atoms with E-state index in [1.165, 1.54) is 0 Å². The molecule has 0 bridgehead atoms. The van der Waals surface area contributed by atoms with Crippen LogP contribution in [0.5, 0.6) is 17.2 Å². The zero-order valence-corrected chi connectivity index (χ0v) is 12.2. The molecule has 1 heterocycles. The third-order valence-corrected chi connectivity index (χ3v) is 3.25. The third-order valence-electron chi connectivity index (χ3n) is 3.07. The standard InChI is InChI=1S/C15H13ClN2O4/c16-22-12-3-1-2-11(7-12)18-15(19)17-8-10-4-5-13-14(6-10)21-9-20-13/h1-7H,8-9H2,(H2,17,18,19). The van der Waals surface area contributed by atoms with E-state index < -0.39 is 0 Å². The molecular weight excluding hydrogens is 308 g/mol. The third kappa shape index (κ3) is 3.35. The number of nitrogens with one attached hydrogen (secondary N) is 2. The predicted octanol–water partition coefficient (Wildman–Crippen LogP) is 3.27. The van der Waals surface area contributed by atoms with Gasteiger partial charge in [-0.2, -0.15) is 0 Å². The number of fused-ring (bicyclic) bond motifs is 1. The van der Waals surface area contributed by atoms with Crippen molar-refractivity contribution < 1.29 is 18.6 Å². The molecule has 0 aromatic heterocycles. The van der Waals surface area contributed by atoms with Crippen molar-refractivity contribution in [2.24, 2.45) is 0 Å². The molecule has 1 aliphatic heterocycles. The minimum Gasteiger partial charge on any atom is -0.454 e. The molecule has 7 heteroatoms. The molecule has 2 N–H and O–H groups in total. The maximum Gasteiger partial charge on any atom is 0.319 e. The Morgan fingerprint density at radius 1 is 1.18 bits per heavy atom. The van der Waals surface area contributed by atoms with Crippen molar-refractivity contribution >= 4 is 23.6 Å². The van der Waals surface area contributed by atoms with Crippen LogP contribution in [0, 0.1) is 0 Å². The van der Waals surface area contributed by atoms with Gasteiger partial charge >= 0.3 is 6.03 Å². The van der Waals surface area contributed by atoms with E-state index >= 15 is 0 Å². The van der Waals surface area contributed by atoms with Crippen molar-refractivity contribution in [2.75, 3.05) is 12.1 Å². The number of anilines is 1. The average molecular weight is 321 g/mol. The first-order valence-electron chi connectivity index (χ1n) is 6.56. The number of carbonyl (C=O) groups is 1. The van der Waals surface area contributed by atoms with Gasteiger partial charge in [-0.05, 0) is 29.8 Å². The second-order valence-corrected chi connectivity index (χ2v) is 4.75. The molecular formula is C15H13ClN2O4. The predicted molar refractivity (Wildman–Crippen MR) is 81.3 cm³/mol. The van der Waals surface area contributed by atoms with Crippen molar-refractivity contribution in [1.29, 1.82) is 0 Å². The molecule has 3 rings (SSSR count). The molecule has 6 nitrogen and oxygen atoms in total. The van der Waals surface area contributed by atoms with E-state index in [2.05, 4.69) is 14.9 Å².